The molecular weight excluding hydrogens is 378 g/mol. The van der Waals surface area contributed by atoms with Crippen molar-refractivity contribution in [1.29, 1.82) is 0 Å². The highest BCUT2D eigenvalue weighted by Gasteiger charge is 2.20. The van der Waals surface area contributed by atoms with Crippen molar-refractivity contribution >= 4 is 22.4 Å². The molecule has 1 atom stereocenters. The highest BCUT2D eigenvalue weighted by Crippen LogP contribution is 2.25. The average Bonchev–Trinajstić information content (AvgIpc) is 2.70. The first-order valence-corrected chi connectivity index (χ1v) is 9.46. The minimum absolute atomic E-state index is 0.195. The van der Waals surface area contributed by atoms with Crippen molar-refractivity contribution in [2.24, 2.45) is 0 Å². The highest BCUT2D eigenvalue weighted by atomic mass is 35.5. The Balaban J connectivity index is 1.46. The number of nitrogens with one attached hydrogen (secondary N) is 1. The fourth-order valence-corrected chi connectivity index (χ4v) is 2.75. The molecular formula is C21H24ClN3O3. The van der Waals surface area contributed by atoms with E-state index in [1.54, 1.807) is 12.1 Å². The smallest absolute Gasteiger partial charge is 0.233 e. The number of ether oxygens (including phenoxy) is 2. The molecule has 3 aromatic rings. The number of aromatic nitrogens is 2. The number of rotatable bonds is 9. The van der Waals surface area contributed by atoms with E-state index < -0.39 is 6.10 Å². The molecule has 0 aliphatic carbocycles. The fraction of sp³-hybridized carbons (Fsp3) is 0.333. The minimum Gasteiger partial charge on any atom is -0.490 e. The standard InChI is InChI=1S/C21H24ClN3O3/c1-21(2,14-28-20-11-10-19(22)24-25-20)23-12-16(26)13-27-18-9-5-7-15-6-3-4-8-17(15)18/h3-11,16,23,26H,12-14H2,1-2H3. The van der Waals surface area contributed by atoms with E-state index in [1.165, 1.54) is 0 Å². The van der Waals surface area contributed by atoms with Gasteiger partial charge in [-0.15, -0.1) is 10.2 Å². The summed E-state index contributed by atoms with van der Waals surface area (Å²) in [6, 6.07) is 17.2. The molecule has 7 heteroatoms. The van der Waals surface area contributed by atoms with Gasteiger partial charge in [-0.1, -0.05) is 48.0 Å². The number of aliphatic hydroxyl groups is 1. The van der Waals surface area contributed by atoms with Crippen LogP contribution in [0.25, 0.3) is 10.8 Å². The zero-order valence-corrected chi connectivity index (χ0v) is 16.7. The van der Waals surface area contributed by atoms with Gasteiger partial charge in [-0.3, -0.25) is 0 Å². The molecule has 2 N–H and O–H groups in total. The Morgan fingerprint density at radius 3 is 2.61 bits per heavy atom. The lowest BCUT2D eigenvalue weighted by atomic mass is 10.1. The summed E-state index contributed by atoms with van der Waals surface area (Å²) in [6.07, 6.45) is -0.659. The molecule has 28 heavy (non-hydrogen) atoms. The third-order valence-electron chi connectivity index (χ3n) is 4.19. The van der Waals surface area contributed by atoms with E-state index in [2.05, 4.69) is 15.5 Å². The maximum atomic E-state index is 10.3. The van der Waals surface area contributed by atoms with Crippen molar-refractivity contribution in [3.8, 4) is 11.6 Å². The summed E-state index contributed by atoms with van der Waals surface area (Å²) in [5.74, 6) is 1.17. The first kappa shape index (κ1) is 20.3. The summed E-state index contributed by atoms with van der Waals surface area (Å²) in [5, 5.41) is 23.6. The van der Waals surface area contributed by atoms with Crippen molar-refractivity contribution in [3.63, 3.8) is 0 Å². The summed E-state index contributed by atoms with van der Waals surface area (Å²) in [6.45, 7) is 4.89. The molecule has 0 aliphatic heterocycles. The van der Waals surface area contributed by atoms with Crippen molar-refractivity contribution in [3.05, 3.63) is 59.8 Å². The minimum atomic E-state index is -0.659. The lowest BCUT2D eigenvalue weighted by Crippen LogP contribution is -2.48. The van der Waals surface area contributed by atoms with E-state index in [9.17, 15) is 5.11 Å². The van der Waals surface area contributed by atoms with Gasteiger partial charge >= 0.3 is 0 Å². The average molecular weight is 402 g/mol. The molecule has 1 aromatic heterocycles. The molecule has 148 valence electrons. The van der Waals surface area contributed by atoms with Crippen molar-refractivity contribution < 1.29 is 14.6 Å². The Morgan fingerprint density at radius 2 is 1.82 bits per heavy atom. The van der Waals surface area contributed by atoms with Crippen molar-refractivity contribution in [2.75, 3.05) is 19.8 Å². The second kappa shape index (κ2) is 9.19. The van der Waals surface area contributed by atoms with Crippen LogP contribution in [0, 0.1) is 0 Å². The van der Waals surface area contributed by atoms with Crippen LogP contribution in [-0.2, 0) is 0 Å². The molecule has 0 aliphatic rings. The fourth-order valence-electron chi connectivity index (χ4n) is 2.65. The first-order chi connectivity index (χ1) is 13.4. The van der Waals surface area contributed by atoms with Crippen LogP contribution in [0.2, 0.25) is 5.15 Å². The third-order valence-corrected chi connectivity index (χ3v) is 4.39. The molecule has 3 rings (SSSR count). The Labute approximate surface area is 169 Å². The molecule has 0 saturated carbocycles. The monoisotopic (exact) mass is 401 g/mol. The molecule has 0 saturated heterocycles. The third kappa shape index (κ3) is 5.79. The topological polar surface area (TPSA) is 76.5 Å². The summed E-state index contributed by atoms with van der Waals surface area (Å²) < 4.78 is 11.5. The van der Waals surface area contributed by atoms with Gasteiger partial charge in [0.05, 0.1) is 0 Å². The number of nitrogens with zero attached hydrogens (tertiary/aromatic N) is 2. The Morgan fingerprint density at radius 1 is 1.04 bits per heavy atom. The second-order valence-electron chi connectivity index (χ2n) is 7.19. The van der Waals surface area contributed by atoms with E-state index in [4.69, 9.17) is 21.1 Å². The summed E-state index contributed by atoms with van der Waals surface area (Å²) in [4.78, 5) is 0. The van der Waals surface area contributed by atoms with Crippen LogP contribution in [0.5, 0.6) is 11.6 Å². The van der Waals surface area contributed by atoms with Crippen LogP contribution in [0.1, 0.15) is 13.8 Å². The highest BCUT2D eigenvalue weighted by molar-refractivity contribution is 6.29. The maximum absolute atomic E-state index is 10.3. The largest absolute Gasteiger partial charge is 0.490 e. The van der Waals surface area contributed by atoms with E-state index in [-0.39, 0.29) is 12.1 Å². The molecule has 0 radical (unpaired) electrons. The maximum Gasteiger partial charge on any atom is 0.233 e. The van der Waals surface area contributed by atoms with Crippen LogP contribution >= 0.6 is 11.6 Å². The molecule has 1 unspecified atom stereocenters. The zero-order chi connectivity index (χ0) is 20.0. The van der Waals surface area contributed by atoms with Crippen LogP contribution in [0.3, 0.4) is 0 Å². The van der Waals surface area contributed by atoms with Gasteiger partial charge in [0.2, 0.25) is 5.88 Å². The van der Waals surface area contributed by atoms with Crippen LogP contribution < -0.4 is 14.8 Å². The van der Waals surface area contributed by atoms with Gasteiger partial charge in [0.15, 0.2) is 5.15 Å². The molecule has 0 bridgehead atoms. The number of halogens is 1. The number of β-amino-alcohol motifs (C(OH)–C–C–N with tert-alkyl or cyclic N) is 1. The molecule has 1 heterocycles. The van der Waals surface area contributed by atoms with E-state index in [0.29, 0.717) is 24.2 Å². The SMILES string of the molecule is CC(C)(COc1ccc(Cl)nn1)NCC(O)COc1cccc2ccccc12. The molecule has 6 nitrogen and oxygen atoms in total. The predicted molar refractivity (Wildman–Crippen MR) is 110 cm³/mol. The van der Waals surface area contributed by atoms with Crippen LogP contribution in [0.4, 0.5) is 0 Å². The lowest BCUT2D eigenvalue weighted by Gasteiger charge is -2.27. The quantitative estimate of drug-likeness (QED) is 0.571. The number of aliphatic hydroxyl groups excluding tert-OH is 1. The van der Waals surface area contributed by atoms with E-state index in [0.717, 1.165) is 16.5 Å². The number of benzene rings is 2. The van der Waals surface area contributed by atoms with Gasteiger partial charge in [-0.2, -0.15) is 0 Å². The van der Waals surface area contributed by atoms with Crippen LogP contribution in [-0.4, -0.2) is 46.7 Å². The summed E-state index contributed by atoms with van der Waals surface area (Å²) >= 11 is 5.71. The van der Waals surface area contributed by atoms with Gasteiger partial charge in [0.1, 0.15) is 25.1 Å². The van der Waals surface area contributed by atoms with E-state index in [1.807, 2.05) is 56.3 Å². The Kier molecular flexibility index (Phi) is 6.67. The van der Waals surface area contributed by atoms with Gasteiger partial charge < -0.3 is 19.9 Å². The number of fused-ring (bicyclic) bond motifs is 1. The van der Waals surface area contributed by atoms with Gasteiger partial charge in [-0.25, -0.2) is 0 Å². The van der Waals surface area contributed by atoms with E-state index >= 15 is 0 Å². The molecule has 0 amide bonds. The number of hydrogen-bond acceptors (Lipinski definition) is 6. The normalized spacial score (nSPS) is 12.7. The zero-order valence-electron chi connectivity index (χ0n) is 15.9. The van der Waals surface area contributed by atoms with Gasteiger partial charge in [0.25, 0.3) is 0 Å². The van der Waals surface area contributed by atoms with Crippen molar-refractivity contribution in [1.82, 2.24) is 15.5 Å². The lowest BCUT2D eigenvalue weighted by molar-refractivity contribution is 0.0929. The van der Waals surface area contributed by atoms with Crippen LogP contribution in [0.15, 0.2) is 54.6 Å². The van der Waals surface area contributed by atoms with Gasteiger partial charge in [-0.05, 0) is 31.4 Å². The summed E-state index contributed by atoms with van der Waals surface area (Å²) in [7, 11) is 0. The Hall–Kier alpha value is -2.41. The van der Waals surface area contributed by atoms with Gasteiger partial charge in [0, 0.05) is 23.5 Å². The second-order valence-corrected chi connectivity index (χ2v) is 7.58. The molecule has 0 fully saturated rings. The first-order valence-electron chi connectivity index (χ1n) is 9.09. The Bertz CT molecular complexity index is 898. The number of hydrogen-bond donors (Lipinski definition) is 2. The predicted octanol–water partition coefficient (Wildman–Crippen LogP) is 3.47. The molecule has 0 spiro atoms. The molecule has 2 aromatic carbocycles. The van der Waals surface area contributed by atoms with Crippen molar-refractivity contribution in [2.45, 2.75) is 25.5 Å². The summed E-state index contributed by atoms with van der Waals surface area (Å²) in [5.41, 5.74) is -0.373.